The second-order valence-electron chi connectivity index (χ2n) is 7.48. The zero-order valence-electron chi connectivity index (χ0n) is 17.4. The van der Waals surface area contributed by atoms with E-state index in [1.165, 1.54) is 0 Å². The third kappa shape index (κ3) is 5.88. The van der Waals surface area contributed by atoms with Gasteiger partial charge in [0.15, 0.2) is 0 Å². The second kappa shape index (κ2) is 10.9. The molecular weight excluding hydrogens is 356 g/mol. The lowest BCUT2D eigenvalue weighted by Crippen LogP contribution is -2.59. The van der Waals surface area contributed by atoms with E-state index in [9.17, 15) is 9.59 Å². The van der Waals surface area contributed by atoms with E-state index < -0.39 is 5.54 Å². The van der Waals surface area contributed by atoms with Crippen LogP contribution in [-0.4, -0.2) is 38.1 Å². The minimum absolute atomic E-state index is 0.0343. The number of rotatable bonds is 10. The lowest BCUT2D eigenvalue weighted by atomic mass is 9.80. The van der Waals surface area contributed by atoms with Gasteiger partial charge in [-0.15, -0.1) is 0 Å². The highest BCUT2D eigenvalue weighted by Gasteiger charge is 2.40. The zero-order chi connectivity index (χ0) is 20.4. The van der Waals surface area contributed by atoms with Crippen molar-refractivity contribution < 1.29 is 19.1 Å². The first kappa shape index (κ1) is 22.1. The third-order valence-electron chi connectivity index (χ3n) is 5.45. The SMILES string of the molecule is CCCCNC(=O)C1(NC(=O)CCc2cc(OC)ccc2OC)CCCCC1. The Balaban J connectivity index is 2.01. The molecule has 0 spiro atoms. The lowest BCUT2D eigenvalue weighted by Gasteiger charge is -2.36. The molecule has 6 heteroatoms. The van der Waals surface area contributed by atoms with Crippen LogP contribution in [0.5, 0.6) is 11.5 Å². The van der Waals surface area contributed by atoms with Crippen LogP contribution >= 0.6 is 0 Å². The van der Waals surface area contributed by atoms with Crippen molar-refractivity contribution in [1.82, 2.24) is 10.6 Å². The Bertz CT molecular complexity index is 654. The Kier molecular flexibility index (Phi) is 8.61. The fraction of sp³-hybridized carbons (Fsp3) is 0.636. The van der Waals surface area contributed by atoms with E-state index in [0.29, 0.717) is 32.2 Å². The predicted molar refractivity (Wildman–Crippen MR) is 110 cm³/mol. The van der Waals surface area contributed by atoms with E-state index in [1.54, 1.807) is 14.2 Å². The molecule has 1 fully saturated rings. The van der Waals surface area contributed by atoms with Gasteiger partial charge in [-0.1, -0.05) is 32.6 Å². The number of benzene rings is 1. The van der Waals surface area contributed by atoms with Crippen LogP contribution in [0.15, 0.2) is 18.2 Å². The zero-order valence-corrected chi connectivity index (χ0v) is 17.4. The van der Waals surface area contributed by atoms with E-state index >= 15 is 0 Å². The number of methoxy groups -OCH3 is 2. The Hall–Kier alpha value is -2.24. The summed E-state index contributed by atoms with van der Waals surface area (Å²) < 4.78 is 10.7. The van der Waals surface area contributed by atoms with Crippen molar-refractivity contribution in [3.63, 3.8) is 0 Å². The average molecular weight is 391 g/mol. The second-order valence-corrected chi connectivity index (χ2v) is 7.48. The Morgan fingerprint density at radius 2 is 1.86 bits per heavy atom. The van der Waals surface area contributed by atoms with Crippen LogP contribution in [0.4, 0.5) is 0 Å². The van der Waals surface area contributed by atoms with Gasteiger partial charge in [-0.25, -0.2) is 0 Å². The number of hydrogen-bond acceptors (Lipinski definition) is 4. The molecular formula is C22H34N2O4. The van der Waals surface area contributed by atoms with E-state index in [2.05, 4.69) is 17.6 Å². The largest absolute Gasteiger partial charge is 0.497 e. The van der Waals surface area contributed by atoms with Crippen LogP contribution in [0.1, 0.15) is 63.9 Å². The molecule has 2 rings (SSSR count). The van der Waals surface area contributed by atoms with Gasteiger partial charge in [-0.05, 0) is 49.4 Å². The summed E-state index contributed by atoms with van der Waals surface area (Å²) in [5, 5.41) is 6.09. The molecule has 0 radical (unpaired) electrons. The van der Waals surface area contributed by atoms with Crippen LogP contribution < -0.4 is 20.1 Å². The summed E-state index contributed by atoms with van der Waals surface area (Å²) in [4.78, 5) is 25.5. The van der Waals surface area contributed by atoms with E-state index in [1.807, 2.05) is 18.2 Å². The van der Waals surface area contributed by atoms with Gasteiger partial charge < -0.3 is 20.1 Å². The summed E-state index contributed by atoms with van der Waals surface area (Å²) in [5.74, 6) is 1.33. The summed E-state index contributed by atoms with van der Waals surface area (Å²) in [7, 11) is 3.23. The first-order valence-corrected chi connectivity index (χ1v) is 10.3. The fourth-order valence-electron chi connectivity index (χ4n) is 3.77. The number of nitrogens with one attached hydrogen (secondary N) is 2. The number of carbonyl (C=O) groups is 2. The summed E-state index contributed by atoms with van der Waals surface area (Å²) in [6.07, 6.45) is 7.26. The van der Waals surface area contributed by atoms with Crippen molar-refractivity contribution in [2.45, 2.75) is 70.3 Å². The third-order valence-corrected chi connectivity index (χ3v) is 5.45. The highest BCUT2D eigenvalue weighted by molar-refractivity contribution is 5.91. The summed E-state index contributed by atoms with van der Waals surface area (Å²) >= 11 is 0. The topological polar surface area (TPSA) is 76.7 Å². The van der Waals surface area contributed by atoms with Crippen LogP contribution in [0.25, 0.3) is 0 Å². The number of aryl methyl sites for hydroxylation is 1. The first-order chi connectivity index (χ1) is 13.5. The van der Waals surface area contributed by atoms with Gasteiger partial charge in [0.25, 0.3) is 0 Å². The van der Waals surface area contributed by atoms with Gasteiger partial charge in [0.05, 0.1) is 14.2 Å². The van der Waals surface area contributed by atoms with Crippen molar-refractivity contribution in [1.29, 1.82) is 0 Å². The summed E-state index contributed by atoms with van der Waals surface area (Å²) in [6, 6.07) is 5.57. The van der Waals surface area contributed by atoms with E-state index in [-0.39, 0.29) is 11.8 Å². The van der Waals surface area contributed by atoms with Gasteiger partial charge in [-0.2, -0.15) is 0 Å². The minimum atomic E-state index is -0.762. The van der Waals surface area contributed by atoms with Crippen LogP contribution in [0, 0.1) is 0 Å². The Morgan fingerprint density at radius 1 is 1.11 bits per heavy atom. The molecule has 28 heavy (non-hydrogen) atoms. The smallest absolute Gasteiger partial charge is 0.245 e. The summed E-state index contributed by atoms with van der Waals surface area (Å²) in [6.45, 7) is 2.76. The number of amides is 2. The van der Waals surface area contributed by atoms with Crippen molar-refractivity contribution in [3.8, 4) is 11.5 Å². The lowest BCUT2D eigenvalue weighted by molar-refractivity contribution is -0.135. The molecule has 2 amide bonds. The number of unbranched alkanes of at least 4 members (excludes halogenated alkanes) is 1. The van der Waals surface area contributed by atoms with E-state index in [0.717, 1.165) is 49.2 Å². The highest BCUT2D eigenvalue weighted by Crippen LogP contribution is 2.29. The molecule has 1 aliphatic rings. The van der Waals surface area contributed by atoms with Crippen LogP contribution in [0.2, 0.25) is 0 Å². The van der Waals surface area contributed by atoms with Crippen molar-refractivity contribution in [3.05, 3.63) is 23.8 Å². The Labute approximate surface area is 168 Å². The predicted octanol–water partition coefficient (Wildman–Crippen LogP) is 3.37. The summed E-state index contributed by atoms with van der Waals surface area (Å²) in [5.41, 5.74) is 0.156. The molecule has 1 saturated carbocycles. The van der Waals surface area contributed by atoms with Crippen molar-refractivity contribution in [2.75, 3.05) is 20.8 Å². The normalized spacial score (nSPS) is 15.5. The maximum absolute atomic E-state index is 12.8. The van der Waals surface area contributed by atoms with Gasteiger partial charge in [0.1, 0.15) is 17.0 Å². The van der Waals surface area contributed by atoms with Crippen LogP contribution in [-0.2, 0) is 16.0 Å². The molecule has 2 N–H and O–H groups in total. The number of carbonyl (C=O) groups excluding carboxylic acids is 2. The first-order valence-electron chi connectivity index (χ1n) is 10.3. The molecule has 0 bridgehead atoms. The fourth-order valence-corrected chi connectivity index (χ4v) is 3.77. The molecule has 6 nitrogen and oxygen atoms in total. The molecule has 0 aliphatic heterocycles. The van der Waals surface area contributed by atoms with Crippen LogP contribution in [0.3, 0.4) is 0 Å². The molecule has 1 aromatic carbocycles. The Morgan fingerprint density at radius 3 is 2.50 bits per heavy atom. The molecule has 0 aromatic heterocycles. The van der Waals surface area contributed by atoms with Gasteiger partial charge in [0.2, 0.25) is 11.8 Å². The quantitative estimate of drug-likeness (QED) is 0.601. The minimum Gasteiger partial charge on any atom is -0.497 e. The maximum atomic E-state index is 12.8. The monoisotopic (exact) mass is 390 g/mol. The standard InChI is InChI=1S/C22H34N2O4/c1-4-5-15-23-21(26)22(13-7-6-8-14-22)24-20(25)12-9-17-16-18(27-2)10-11-19(17)28-3/h10-11,16H,4-9,12-15H2,1-3H3,(H,23,26)(H,24,25). The molecule has 0 atom stereocenters. The molecule has 156 valence electrons. The number of ether oxygens (including phenoxy) is 2. The molecule has 1 aliphatic carbocycles. The number of hydrogen-bond donors (Lipinski definition) is 2. The molecule has 1 aromatic rings. The van der Waals surface area contributed by atoms with E-state index in [4.69, 9.17) is 9.47 Å². The van der Waals surface area contributed by atoms with Gasteiger partial charge in [-0.3, -0.25) is 9.59 Å². The molecule has 0 saturated heterocycles. The molecule has 0 heterocycles. The average Bonchev–Trinajstić information content (AvgIpc) is 2.72. The molecule has 0 unspecified atom stereocenters. The maximum Gasteiger partial charge on any atom is 0.245 e. The van der Waals surface area contributed by atoms with Gasteiger partial charge >= 0.3 is 0 Å². The van der Waals surface area contributed by atoms with Crippen molar-refractivity contribution in [2.24, 2.45) is 0 Å². The highest BCUT2D eigenvalue weighted by atomic mass is 16.5. The van der Waals surface area contributed by atoms with Crippen molar-refractivity contribution >= 4 is 11.8 Å². The van der Waals surface area contributed by atoms with Gasteiger partial charge in [0, 0.05) is 13.0 Å².